The number of carbonyl (C=O) groups is 2. The molecule has 21 heavy (non-hydrogen) atoms. The van der Waals surface area contributed by atoms with E-state index in [9.17, 15) is 14.7 Å². The van der Waals surface area contributed by atoms with Crippen molar-refractivity contribution in [1.82, 2.24) is 10.2 Å². The lowest BCUT2D eigenvalue weighted by Gasteiger charge is -2.34. The van der Waals surface area contributed by atoms with E-state index < -0.39 is 12.1 Å². The molecule has 114 valence electrons. The summed E-state index contributed by atoms with van der Waals surface area (Å²) in [6.07, 6.45) is 1.62. The minimum absolute atomic E-state index is 0.188. The normalized spacial score (nSPS) is 17.0. The van der Waals surface area contributed by atoms with E-state index in [4.69, 9.17) is 0 Å². The average molecular weight is 290 g/mol. The second-order valence-corrected chi connectivity index (χ2v) is 5.56. The van der Waals surface area contributed by atoms with Crippen molar-refractivity contribution in [2.45, 2.75) is 39.2 Å². The Morgan fingerprint density at radius 2 is 2.00 bits per heavy atom. The fraction of sp³-hybridized carbons (Fsp3) is 0.500. The first-order valence-corrected chi connectivity index (χ1v) is 7.33. The molecule has 5 nitrogen and oxygen atoms in total. The van der Waals surface area contributed by atoms with E-state index in [0.29, 0.717) is 13.1 Å². The Hall–Kier alpha value is -2.04. The topological polar surface area (TPSA) is 69.6 Å². The van der Waals surface area contributed by atoms with E-state index >= 15 is 0 Å². The van der Waals surface area contributed by atoms with Crippen molar-refractivity contribution in [3.8, 4) is 0 Å². The van der Waals surface area contributed by atoms with Gasteiger partial charge in [-0.2, -0.15) is 0 Å². The van der Waals surface area contributed by atoms with Gasteiger partial charge in [-0.3, -0.25) is 9.69 Å². The second kappa shape index (κ2) is 6.61. The minimum atomic E-state index is -1.01. The number of hydrogen-bond acceptors (Lipinski definition) is 2. The molecular weight excluding hydrogens is 268 g/mol. The molecule has 1 aromatic carbocycles. The number of nitrogens with zero attached hydrogens (tertiary/aromatic N) is 1. The molecular formula is C16H22N2O3. The largest absolute Gasteiger partial charge is 0.465 e. The third-order valence-corrected chi connectivity index (χ3v) is 4.11. The van der Waals surface area contributed by atoms with Crippen LogP contribution in [0, 0.1) is 13.8 Å². The third kappa shape index (κ3) is 3.54. The Kier molecular flexibility index (Phi) is 4.83. The first-order chi connectivity index (χ1) is 10.0. The summed E-state index contributed by atoms with van der Waals surface area (Å²) >= 11 is 0. The standard InChI is InChI=1S/C16H22N2O3/c1-11-6-5-7-12(2)13(11)8-3-4-9-18(16(20)21)14-10-17-15(14)19/h5-7,14H,3-4,8-10H2,1-2H3,(H,17,19)(H,20,21). The number of nitrogens with one attached hydrogen (secondary N) is 1. The van der Waals surface area contributed by atoms with Crippen LogP contribution in [0.15, 0.2) is 18.2 Å². The maximum atomic E-state index is 11.3. The molecule has 1 heterocycles. The number of carbonyl (C=O) groups excluding carboxylic acids is 1. The summed E-state index contributed by atoms with van der Waals surface area (Å²) < 4.78 is 0. The number of rotatable bonds is 6. The average Bonchev–Trinajstić information content (AvgIpc) is 2.42. The summed E-state index contributed by atoms with van der Waals surface area (Å²) in [5, 5.41) is 11.8. The summed E-state index contributed by atoms with van der Waals surface area (Å²) in [7, 11) is 0. The van der Waals surface area contributed by atoms with E-state index in [-0.39, 0.29) is 5.91 Å². The summed E-state index contributed by atoms with van der Waals surface area (Å²) in [6.45, 7) is 5.05. The van der Waals surface area contributed by atoms with Crippen molar-refractivity contribution in [2.75, 3.05) is 13.1 Å². The van der Waals surface area contributed by atoms with Gasteiger partial charge < -0.3 is 10.4 Å². The predicted octanol–water partition coefficient (Wildman–Crippen LogP) is 2.10. The molecule has 0 aromatic heterocycles. The molecule has 1 aromatic rings. The molecule has 1 aliphatic heterocycles. The number of aryl methyl sites for hydroxylation is 2. The highest BCUT2D eigenvalue weighted by Gasteiger charge is 2.35. The van der Waals surface area contributed by atoms with E-state index in [1.165, 1.54) is 21.6 Å². The van der Waals surface area contributed by atoms with Crippen molar-refractivity contribution in [1.29, 1.82) is 0 Å². The molecule has 0 radical (unpaired) electrons. The highest BCUT2D eigenvalue weighted by atomic mass is 16.4. The molecule has 1 fully saturated rings. The van der Waals surface area contributed by atoms with Crippen LogP contribution in [0.4, 0.5) is 4.79 Å². The number of unbranched alkanes of at least 4 members (excludes halogenated alkanes) is 1. The number of β-lactam (4-membered cyclic amide) rings is 1. The Labute approximate surface area is 125 Å². The Balaban J connectivity index is 1.83. The molecule has 1 aliphatic rings. The fourth-order valence-electron chi connectivity index (χ4n) is 2.74. The van der Waals surface area contributed by atoms with Crippen LogP contribution < -0.4 is 5.32 Å². The number of hydrogen-bond donors (Lipinski definition) is 2. The first-order valence-electron chi connectivity index (χ1n) is 7.33. The molecule has 1 saturated heterocycles. The van der Waals surface area contributed by atoms with Crippen LogP contribution in [0.2, 0.25) is 0 Å². The van der Waals surface area contributed by atoms with Gasteiger partial charge in [0.25, 0.3) is 0 Å². The van der Waals surface area contributed by atoms with Gasteiger partial charge in [0.2, 0.25) is 5.91 Å². The van der Waals surface area contributed by atoms with E-state index in [1.807, 2.05) is 0 Å². The molecule has 2 rings (SSSR count). The van der Waals surface area contributed by atoms with Crippen LogP contribution in [0.1, 0.15) is 29.5 Å². The smallest absolute Gasteiger partial charge is 0.408 e. The number of amides is 2. The zero-order valence-electron chi connectivity index (χ0n) is 12.6. The van der Waals surface area contributed by atoms with Gasteiger partial charge in [-0.15, -0.1) is 0 Å². The molecule has 0 saturated carbocycles. The van der Waals surface area contributed by atoms with Crippen LogP contribution in [-0.2, 0) is 11.2 Å². The van der Waals surface area contributed by atoms with Gasteiger partial charge in [0, 0.05) is 13.1 Å². The van der Waals surface area contributed by atoms with Crippen molar-refractivity contribution in [3.63, 3.8) is 0 Å². The highest BCUT2D eigenvalue weighted by Crippen LogP contribution is 2.17. The van der Waals surface area contributed by atoms with Crippen LogP contribution in [0.25, 0.3) is 0 Å². The first kappa shape index (κ1) is 15.4. The number of carboxylic acid groups (broad SMARTS) is 1. The molecule has 2 amide bonds. The van der Waals surface area contributed by atoms with Gasteiger partial charge >= 0.3 is 6.09 Å². The SMILES string of the molecule is Cc1cccc(C)c1CCCCN(C(=O)O)C1CNC1=O. The van der Waals surface area contributed by atoms with Gasteiger partial charge in [-0.05, 0) is 49.8 Å². The Bertz CT molecular complexity index is 522. The zero-order chi connectivity index (χ0) is 15.4. The Morgan fingerprint density at radius 3 is 2.48 bits per heavy atom. The maximum Gasteiger partial charge on any atom is 0.408 e. The third-order valence-electron chi connectivity index (χ3n) is 4.11. The van der Waals surface area contributed by atoms with Gasteiger partial charge in [0.15, 0.2) is 0 Å². The van der Waals surface area contributed by atoms with Crippen LogP contribution in [0.3, 0.4) is 0 Å². The lowest BCUT2D eigenvalue weighted by atomic mass is 9.98. The van der Waals surface area contributed by atoms with Crippen LogP contribution >= 0.6 is 0 Å². The second-order valence-electron chi connectivity index (χ2n) is 5.56. The van der Waals surface area contributed by atoms with Crippen LogP contribution in [-0.4, -0.2) is 41.1 Å². The van der Waals surface area contributed by atoms with E-state index in [1.54, 1.807) is 0 Å². The van der Waals surface area contributed by atoms with Gasteiger partial charge in [0.05, 0.1) is 0 Å². The van der Waals surface area contributed by atoms with E-state index in [2.05, 4.69) is 37.4 Å². The summed E-state index contributed by atoms with van der Waals surface area (Å²) in [6, 6.07) is 5.76. The van der Waals surface area contributed by atoms with Gasteiger partial charge in [-0.25, -0.2) is 4.79 Å². The van der Waals surface area contributed by atoms with Crippen molar-refractivity contribution >= 4 is 12.0 Å². The Morgan fingerprint density at radius 1 is 1.33 bits per heavy atom. The molecule has 0 spiro atoms. The molecule has 0 aliphatic carbocycles. The quantitative estimate of drug-likeness (QED) is 0.622. The summed E-state index contributed by atoms with van der Waals surface area (Å²) in [4.78, 5) is 23.8. The lowest BCUT2D eigenvalue weighted by molar-refractivity contribution is -0.132. The van der Waals surface area contributed by atoms with Gasteiger partial charge in [0.1, 0.15) is 6.04 Å². The number of benzene rings is 1. The summed E-state index contributed by atoms with van der Waals surface area (Å²) in [5.41, 5.74) is 3.91. The predicted molar refractivity (Wildman–Crippen MR) is 80.4 cm³/mol. The highest BCUT2D eigenvalue weighted by molar-refractivity contribution is 5.90. The molecule has 5 heteroatoms. The van der Waals surface area contributed by atoms with Crippen molar-refractivity contribution < 1.29 is 14.7 Å². The van der Waals surface area contributed by atoms with Crippen molar-refractivity contribution in [2.24, 2.45) is 0 Å². The molecule has 0 bridgehead atoms. The monoisotopic (exact) mass is 290 g/mol. The summed E-state index contributed by atoms with van der Waals surface area (Å²) in [5.74, 6) is -0.188. The molecule has 1 atom stereocenters. The molecule has 2 N–H and O–H groups in total. The van der Waals surface area contributed by atoms with E-state index in [0.717, 1.165) is 19.3 Å². The molecule has 1 unspecified atom stereocenters. The van der Waals surface area contributed by atoms with Gasteiger partial charge in [-0.1, -0.05) is 18.2 Å². The van der Waals surface area contributed by atoms with Crippen LogP contribution in [0.5, 0.6) is 0 Å². The minimum Gasteiger partial charge on any atom is -0.465 e. The van der Waals surface area contributed by atoms with Crippen molar-refractivity contribution in [3.05, 3.63) is 34.9 Å². The fourth-order valence-corrected chi connectivity index (χ4v) is 2.74. The lowest BCUT2D eigenvalue weighted by Crippen LogP contribution is -2.63. The zero-order valence-corrected chi connectivity index (χ0v) is 12.6. The maximum absolute atomic E-state index is 11.3.